The summed E-state index contributed by atoms with van der Waals surface area (Å²) in [7, 11) is -4.35. The van der Waals surface area contributed by atoms with Crippen LogP contribution in [-0.4, -0.2) is 50.9 Å². The van der Waals surface area contributed by atoms with Gasteiger partial charge in [0.2, 0.25) is 11.8 Å². The lowest BCUT2D eigenvalue weighted by molar-refractivity contribution is -0.140. The van der Waals surface area contributed by atoms with Gasteiger partial charge in [-0.15, -0.1) is 0 Å². The van der Waals surface area contributed by atoms with Gasteiger partial charge in [-0.3, -0.25) is 13.9 Å². The number of amides is 2. The van der Waals surface area contributed by atoms with Crippen LogP contribution in [0.2, 0.25) is 0 Å². The number of carbonyl (C=O) groups excluding carboxylic acids is 2. The van der Waals surface area contributed by atoms with Gasteiger partial charge >= 0.3 is 0 Å². The minimum absolute atomic E-state index is 0.0747. The Morgan fingerprint density at radius 1 is 0.870 bits per heavy atom. The molecule has 4 aromatic carbocycles. The number of hydrogen-bond acceptors (Lipinski definition) is 5. The van der Waals surface area contributed by atoms with Crippen LogP contribution >= 0.6 is 0 Å². The number of ether oxygens (including phenoxy) is 1. The molecule has 46 heavy (non-hydrogen) atoms. The fourth-order valence-corrected chi connectivity index (χ4v) is 6.48. The molecule has 0 radical (unpaired) electrons. The molecule has 4 aromatic rings. The van der Waals surface area contributed by atoms with Gasteiger partial charge in [-0.2, -0.15) is 0 Å². The van der Waals surface area contributed by atoms with Crippen LogP contribution in [0.25, 0.3) is 0 Å². The number of anilines is 1. The molecule has 0 aliphatic carbocycles. The molecule has 0 bridgehead atoms. The highest BCUT2D eigenvalue weighted by Gasteiger charge is 2.34. The van der Waals surface area contributed by atoms with Crippen LogP contribution in [0.15, 0.2) is 108 Å². The molecule has 2 amide bonds. The zero-order chi connectivity index (χ0) is 33.1. The van der Waals surface area contributed by atoms with E-state index in [-0.39, 0.29) is 29.5 Å². The van der Waals surface area contributed by atoms with Gasteiger partial charge < -0.3 is 15.0 Å². The summed E-state index contributed by atoms with van der Waals surface area (Å²) in [5, 5.41) is 2.94. The number of aryl methyl sites for hydroxylation is 1. The molecule has 0 fully saturated rings. The lowest BCUT2D eigenvalue weighted by Gasteiger charge is -2.34. The van der Waals surface area contributed by atoms with E-state index in [9.17, 15) is 22.4 Å². The maximum atomic E-state index is 14.5. The van der Waals surface area contributed by atoms with Crippen molar-refractivity contribution in [1.29, 1.82) is 0 Å². The molecule has 0 spiro atoms. The molecule has 1 atom stereocenters. The number of hydrogen-bond donors (Lipinski definition) is 1. The van der Waals surface area contributed by atoms with Crippen molar-refractivity contribution in [3.8, 4) is 5.75 Å². The summed E-state index contributed by atoms with van der Waals surface area (Å²) in [5.41, 5.74) is 2.84. The van der Waals surface area contributed by atoms with Crippen LogP contribution in [0.1, 0.15) is 37.0 Å². The topological polar surface area (TPSA) is 96.0 Å². The second-order valence-corrected chi connectivity index (χ2v) is 12.8. The van der Waals surface area contributed by atoms with Crippen molar-refractivity contribution in [2.45, 2.75) is 51.1 Å². The van der Waals surface area contributed by atoms with Crippen LogP contribution < -0.4 is 14.4 Å². The van der Waals surface area contributed by atoms with E-state index in [1.54, 1.807) is 24.3 Å². The van der Waals surface area contributed by atoms with Crippen molar-refractivity contribution in [3.63, 3.8) is 0 Å². The minimum Gasteiger partial charge on any atom is -0.494 e. The second-order valence-electron chi connectivity index (χ2n) is 10.9. The predicted octanol–water partition coefficient (Wildman–Crippen LogP) is 5.89. The first kappa shape index (κ1) is 34.2. The van der Waals surface area contributed by atoms with Gasteiger partial charge in [-0.25, -0.2) is 12.8 Å². The Labute approximate surface area is 270 Å². The monoisotopic (exact) mass is 645 g/mol. The van der Waals surface area contributed by atoms with Gasteiger partial charge in [-0.05, 0) is 79.9 Å². The van der Waals surface area contributed by atoms with E-state index in [4.69, 9.17) is 4.74 Å². The molecule has 0 saturated carbocycles. The van der Waals surface area contributed by atoms with Crippen molar-refractivity contribution in [3.05, 3.63) is 126 Å². The third-order valence-electron chi connectivity index (χ3n) is 7.37. The van der Waals surface area contributed by atoms with Crippen molar-refractivity contribution >= 4 is 27.5 Å². The summed E-state index contributed by atoms with van der Waals surface area (Å²) < 4.78 is 48.5. The molecule has 0 aromatic heterocycles. The molecule has 0 unspecified atom stereocenters. The van der Waals surface area contributed by atoms with Crippen molar-refractivity contribution < 1.29 is 27.1 Å². The maximum absolute atomic E-state index is 14.5. The van der Waals surface area contributed by atoms with Gasteiger partial charge in [0.05, 0.1) is 17.2 Å². The van der Waals surface area contributed by atoms with Crippen molar-refractivity contribution in [2.75, 3.05) is 24.0 Å². The highest BCUT2D eigenvalue weighted by molar-refractivity contribution is 7.92. The fourth-order valence-electron chi connectivity index (χ4n) is 5.06. The third-order valence-corrected chi connectivity index (χ3v) is 9.16. The summed E-state index contributed by atoms with van der Waals surface area (Å²) in [6, 6.07) is 26.9. The quantitative estimate of drug-likeness (QED) is 0.174. The number of nitrogens with zero attached hydrogens (tertiary/aromatic N) is 2. The maximum Gasteiger partial charge on any atom is 0.264 e. The molecule has 8 nitrogen and oxygen atoms in total. The van der Waals surface area contributed by atoms with Gasteiger partial charge in [0.1, 0.15) is 24.2 Å². The number of rotatable bonds is 15. The van der Waals surface area contributed by atoms with E-state index in [2.05, 4.69) is 5.32 Å². The Kier molecular flexibility index (Phi) is 11.9. The molecule has 0 aliphatic heterocycles. The average Bonchev–Trinajstić information content (AvgIpc) is 3.05. The van der Waals surface area contributed by atoms with E-state index in [1.807, 2.05) is 75.4 Å². The van der Waals surface area contributed by atoms with E-state index in [1.165, 1.54) is 4.90 Å². The first-order chi connectivity index (χ1) is 22.1. The largest absolute Gasteiger partial charge is 0.494 e. The summed E-state index contributed by atoms with van der Waals surface area (Å²) in [5.74, 6) is -0.962. The lowest BCUT2D eigenvalue weighted by Crippen LogP contribution is -2.53. The van der Waals surface area contributed by atoms with E-state index in [0.29, 0.717) is 25.3 Å². The summed E-state index contributed by atoms with van der Waals surface area (Å²) in [6.45, 7) is 6.03. The summed E-state index contributed by atoms with van der Waals surface area (Å²) in [4.78, 5) is 29.5. The summed E-state index contributed by atoms with van der Waals surface area (Å²) >= 11 is 0. The minimum atomic E-state index is -4.35. The molecule has 0 aliphatic rings. The Morgan fingerprint density at radius 3 is 2.17 bits per heavy atom. The third kappa shape index (κ3) is 8.94. The first-order valence-electron chi connectivity index (χ1n) is 15.3. The van der Waals surface area contributed by atoms with E-state index in [0.717, 1.165) is 45.3 Å². The highest BCUT2D eigenvalue weighted by Crippen LogP contribution is 2.27. The van der Waals surface area contributed by atoms with Crippen LogP contribution in [0, 0.1) is 12.7 Å². The number of benzene rings is 4. The molecule has 0 heterocycles. The second kappa shape index (κ2) is 16.0. The molecular weight excluding hydrogens is 605 g/mol. The number of halogens is 1. The van der Waals surface area contributed by atoms with Crippen LogP contribution in [0.5, 0.6) is 5.75 Å². The Morgan fingerprint density at radius 2 is 1.54 bits per heavy atom. The SMILES string of the molecule is CCCNC(=O)[C@H](Cc1ccccc1)N(Cc1cccc(C)c1)C(=O)CN(c1ccc(OCC)cc1)S(=O)(=O)c1ccc(F)cc1. The molecular formula is C36H40FN3O5S. The molecule has 10 heteroatoms. The summed E-state index contributed by atoms with van der Waals surface area (Å²) in [6.07, 6.45) is 0.929. The van der Waals surface area contributed by atoms with Crippen molar-refractivity contribution in [2.24, 2.45) is 0 Å². The highest BCUT2D eigenvalue weighted by atomic mass is 32.2. The smallest absolute Gasteiger partial charge is 0.264 e. The fraction of sp³-hybridized carbons (Fsp3) is 0.278. The Balaban J connectivity index is 1.79. The van der Waals surface area contributed by atoms with Crippen LogP contribution in [-0.2, 0) is 32.6 Å². The normalized spacial score (nSPS) is 11.8. The molecule has 1 N–H and O–H groups in total. The van der Waals surface area contributed by atoms with Gasteiger partial charge in [0.25, 0.3) is 10.0 Å². The van der Waals surface area contributed by atoms with Crippen LogP contribution in [0.3, 0.4) is 0 Å². The Bertz CT molecular complexity index is 1700. The number of nitrogens with one attached hydrogen (secondary N) is 1. The van der Waals surface area contributed by atoms with Gasteiger partial charge in [0, 0.05) is 19.5 Å². The van der Waals surface area contributed by atoms with Crippen LogP contribution in [0.4, 0.5) is 10.1 Å². The Hall–Kier alpha value is -4.70. The standard InChI is InChI=1S/C36H40FN3O5S/c1-4-22-38-36(42)34(24-28-11-7-6-8-12-28)39(25-29-13-9-10-27(3)23-29)35(41)26-40(31-16-18-32(19-17-31)45-5-2)46(43,44)33-20-14-30(37)15-21-33/h6-21,23,34H,4-5,22,24-26H2,1-3H3,(H,38,42)/t34-/m0/s1. The lowest BCUT2D eigenvalue weighted by atomic mass is 10.0. The van der Waals surface area contributed by atoms with Gasteiger partial charge in [0.15, 0.2) is 0 Å². The van der Waals surface area contributed by atoms with E-state index < -0.39 is 34.3 Å². The molecule has 4 rings (SSSR count). The average molecular weight is 646 g/mol. The number of sulfonamides is 1. The van der Waals surface area contributed by atoms with E-state index >= 15 is 0 Å². The first-order valence-corrected chi connectivity index (χ1v) is 16.7. The number of carbonyl (C=O) groups is 2. The zero-order valence-electron chi connectivity index (χ0n) is 26.4. The van der Waals surface area contributed by atoms with Crippen molar-refractivity contribution in [1.82, 2.24) is 10.2 Å². The molecule has 0 saturated heterocycles. The molecule has 242 valence electrons. The zero-order valence-corrected chi connectivity index (χ0v) is 27.2. The van der Waals surface area contributed by atoms with Gasteiger partial charge in [-0.1, -0.05) is 67.1 Å². The predicted molar refractivity (Wildman–Crippen MR) is 178 cm³/mol.